The molecule has 1 aliphatic rings. The monoisotopic (exact) mass is 352 g/mol. The molecule has 1 fully saturated rings. The van der Waals surface area contributed by atoms with E-state index < -0.39 is 9.84 Å². The smallest absolute Gasteiger partial charge is 0.191 e. The number of hydrogen-bond donors (Lipinski definition) is 2. The molecule has 134 valence electrons. The van der Waals surface area contributed by atoms with Gasteiger partial charge in [-0.2, -0.15) is 0 Å². The van der Waals surface area contributed by atoms with Crippen molar-refractivity contribution >= 4 is 15.8 Å². The van der Waals surface area contributed by atoms with Gasteiger partial charge in [-0.1, -0.05) is 30.3 Å². The molecule has 1 aliphatic heterocycles. The Hall–Kier alpha value is -1.60. The Labute approximate surface area is 145 Å². The van der Waals surface area contributed by atoms with Crippen molar-refractivity contribution in [2.75, 3.05) is 32.1 Å². The van der Waals surface area contributed by atoms with Gasteiger partial charge in [0.25, 0.3) is 0 Å². The minimum Gasteiger partial charge on any atom is -0.355 e. The predicted molar refractivity (Wildman–Crippen MR) is 98.9 cm³/mol. The standard InChI is InChI=1S/C17H28N4O2S/c1-14-11-16(13-21(14)12-15-7-5-4-6-8-15)20-17(18-2)19-9-10-24(3,22)23/h4-8,14,16H,9-13H2,1-3H3,(H2,18,19,20). The van der Waals surface area contributed by atoms with Crippen LogP contribution in [0.1, 0.15) is 18.9 Å². The van der Waals surface area contributed by atoms with E-state index in [9.17, 15) is 8.42 Å². The maximum absolute atomic E-state index is 11.2. The molecule has 1 aromatic carbocycles. The van der Waals surface area contributed by atoms with E-state index in [0.717, 1.165) is 19.5 Å². The second-order valence-electron chi connectivity index (χ2n) is 6.47. The summed E-state index contributed by atoms with van der Waals surface area (Å²) in [6.45, 7) is 4.50. The third-order valence-electron chi connectivity index (χ3n) is 4.26. The number of likely N-dealkylation sites (tertiary alicyclic amines) is 1. The summed E-state index contributed by atoms with van der Waals surface area (Å²) in [6.07, 6.45) is 2.28. The van der Waals surface area contributed by atoms with Crippen molar-refractivity contribution in [2.24, 2.45) is 4.99 Å². The van der Waals surface area contributed by atoms with E-state index >= 15 is 0 Å². The number of sulfone groups is 1. The number of aliphatic imine (C=N–C) groups is 1. The largest absolute Gasteiger partial charge is 0.355 e. The highest BCUT2D eigenvalue weighted by molar-refractivity contribution is 7.90. The van der Waals surface area contributed by atoms with Gasteiger partial charge < -0.3 is 10.6 Å². The van der Waals surface area contributed by atoms with Gasteiger partial charge in [0.15, 0.2) is 5.96 Å². The quantitative estimate of drug-likeness (QED) is 0.587. The van der Waals surface area contributed by atoms with Crippen molar-refractivity contribution in [1.29, 1.82) is 0 Å². The van der Waals surface area contributed by atoms with Crippen LogP contribution in [-0.2, 0) is 16.4 Å². The first-order valence-electron chi connectivity index (χ1n) is 8.30. The Morgan fingerprint density at radius 3 is 2.67 bits per heavy atom. The maximum Gasteiger partial charge on any atom is 0.191 e. The molecule has 7 heteroatoms. The van der Waals surface area contributed by atoms with E-state index in [0.29, 0.717) is 24.6 Å². The lowest BCUT2D eigenvalue weighted by atomic mass is 10.2. The van der Waals surface area contributed by atoms with Crippen molar-refractivity contribution in [3.63, 3.8) is 0 Å². The molecule has 1 saturated heterocycles. The van der Waals surface area contributed by atoms with Gasteiger partial charge in [-0.15, -0.1) is 0 Å². The zero-order chi connectivity index (χ0) is 17.6. The summed E-state index contributed by atoms with van der Waals surface area (Å²) in [7, 11) is -1.26. The number of hydrogen-bond acceptors (Lipinski definition) is 4. The van der Waals surface area contributed by atoms with Crippen LogP contribution >= 0.6 is 0 Å². The summed E-state index contributed by atoms with van der Waals surface area (Å²) >= 11 is 0. The van der Waals surface area contributed by atoms with Crippen molar-refractivity contribution in [1.82, 2.24) is 15.5 Å². The maximum atomic E-state index is 11.2. The van der Waals surface area contributed by atoms with Gasteiger partial charge in [-0.05, 0) is 18.9 Å². The Bertz CT molecular complexity index is 646. The summed E-state index contributed by atoms with van der Waals surface area (Å²) in [6, 6.07) is 11.3. The number of rotatable bonds is 6. The van der Waals surface area contributed by atoms with Gasteiger partial charge in [0.2, 0.25) is 0 Å². The lowest BCUT2D eigenvalue weighted by molar-refractivity contribution is 0.258. The van der Waals surface area contributed by atoms with Gasteiger partial charge >= 0.3 is 0 Å². The topological polar surface area (TPSA) is 73.8 Å². The first-order valence-corrected chi connectivity index (χ1v) is 10.4. The summed E-state index contributed by atoms with van der Waals surface area (Å²) in [5.74, 6) is 0.770. The minimum atomic E-state index is -2.96. The minimum absolute atomic E-state index is 0.106. The summed E-state index contributed by atoms with van der Waals surface area (Å²) in [5.41, 5.74) is 1.32. The van der Waals surface area contributed by atoms with Gasteiger partial charge in [-0.25, -0.2) is 8.42 Å². The molecular formula is C17H28N4O2S. The second kappa shape index (κ2) is 8.48. The Morgan fingerprint density at radius 1 is 1.33 bits per heavy atom. The van der Waals surface area contributed by atoms with Crippen molar-refractivity contribution < 1.29 is 8.42 Å². The Morgan fingerprint density at radius 2 is 2.04 bits per heavy atom. The van der Waals surface area contributed by atoms with Crippen LogP contribution in [0.25, 0.3) is 0 Å². The molecule has 0 amide bonds. The fourth-order valence-electron chi connectivity index (χ4n) is 2.98. The lowest BCUT2D eigenvalue weighted by Crippen LogP contribution is -2.45. The van der Waals surface area contributed by atoms with E-state index in [1.165, 1.54) is 11.8 Å². The van der Waals surface area contributed by atoms with Crippen molar-refractivity contribution in [3.05, 3.63) is 35.9 Å². The van der Waals surface area contributed by atoms with Gasteiger partial charge in [-0.3, -0.25) is 9.89 Å². The SMILES string of the molecule is CN=C(NCCS(C)(=O)=O)NC1CC(C)N(Cc2ccccc2)C1. The van der Waals surface area contributed by atoms with E-state index in [1.807, 2.05) is 6.07 Å². The molecule has 2 atom stereocenters. The zero-order valence-electron chi connectivity index (χ0n) is 14.7. The molecule has 2 N–H and O–H groups in total. The second-order valence-corrected chi connectivity index (χ2v) is 8.73. The zero-order valence-corrected chi connectivity index (χ0v) is 15.5. The van der Waals surface area contributed by atoms with Crippen LogP contribution in [0.2, 0.25) is 0 Å². The van der Waals surface area contributed by atoms with Gasteiger partial charge in [0, 0.05) is 45.0 Å². The molecule has 0 radical (unpaired) electrons. The van der Waals surface area contributed by atoms with Crippen LogP contribution in [0, 0.1) is 0 Å². The molecule has 0 aromatic heterocycles. The first-order chi connectivity index (χ1) is 11.4. The van der Waals surface area contributed by atoms with E-state index in [1.54, 1.807) is 7.05 Å². The first kappa shape index (κ1) is 18.7. The molecule has 0 aliphatic carbocycles. The third-order valence-corrected chi connectivity index (χ3v) is 5.21. The van der Waals surface area contributed by atoms with Crippen LogP contribution in [0.3, 0.4) is 0 Å². The summed E-state index contributed by atoms with van der Waals surface area (Å²) in [4.78, 5) is 6.64. The van der Waals surface area contributed by atoms with Crippen molar-refractivity contribution in [3.8, 4) is 0 Å². The number of nitrogens with one attached hydrogen (secondary N) is 2. The molecular weight excluding hydrogens is 324 g/mol. The number of benzene rings is 1. The van der Waals surface area contributed by atoms with E-state index in [4.69, 9.17) is 0 Å². The predicted octanol–water partition coefficient (Wildman–Crippen LogP) is 0.859. The van der Waals surface area contributed by atoms with Crippen LogP contribution < -0.4 is 10.6 Å². The van der Waals surface area contributed by atoms with E-state index in [-0.39, 0.29) is 5.75 Å². The fraction of sp³-hybridized carbons (Fsp3) is 0.588. The highest BCUT2D eigenvalue weighted by Gasteiger charge is 2.29. The van der Waals surface area contributed by atoms with Gasteiger partial charge in [0.1, 0.15) is 9.84 Å². The molecule has 0 bridgehead atoms. The summed E-state index contributed by atoms with van der Waals surface area (Å²) < 4.78 is 22.4. The molecule has 1 heterocycles. The molecule has 24 heavy (non-hydrogen) atoms. The fourth-order valence-corrected chi connectivity index (χ4v) is 3.46. The Balaban J connectivity index is 1.82. The molecule has 2 rings (SSSR count). The van der Waals surface area contributed by atoms with Crippen LogP contribution in [0.15, 0.2) is 35.3 Å². The summed E-state index contributed by atoms with van der Waals surface area (Å²) in [5, 5.41) is 6.47. The van der Waals surface area contributed by atoms with Crippen LogP contribution in [0.5, 0.6) is 0 Å². The van der Waals surface area contributed by atoms with Crippen molar-refractivity contribution in [2.45, 2.75) is 32.0 Å². The number of nitrogens with zero attached hydrogens (tertiary/aromatic N) is 2. The molecule has 1 aromatic rings. The third kappa shape index (κ3) is 6.13. The average molecular weight is 353 g/mol. The highest BCUT2D eigenvalue weighted by atomic mass is 32.2. The molecule has 0 spiro atoms. The number of guanidine groups is 1. The lowest BCUT2D eigenvalue weighted by Gasteiger charge is -2.21. The van der Waals surface area contributed by atoms with Gasteiger partial charge in [0.05, 0.1) is 5.75 Å². The normalized spacial score (nSPS) is 22.5. The molecule has 2 unspecified atom stereocenters. The molecule has 6 nitrogen and oxygen atoms in total. The Kier molecular flexibility index (Phi) is 6.62. The average Bonchev–Trinajstić information content (AvgIpc) is 2.85. The van der Waals surface area contributed by atoms with Crippen LogP contribution in [0.4, 0.5) is 0 Å². The highest BCUT2D eigenvalue weighted by Crippen LogP contribution is 2.20. The molecule has 0 saturated carbocycles. The van der Waals surface area contributed by atoms with E-state index in [2.05, 4.69) is 51.7 Å². The van der Waals surface area contributed by atoms with Crippen LogP contribution in [-0.4, -0.2) is 63.5 Å².